The number of hydrogen-bond acceptors (Lipinski definition) is 11. The number of aliphatic hydroxyl groups excluding tert-OH is 1. The standard InChI is InChI=1S/C33H53N4O11/c1-3-4-11-35-31(42)23-48-18-15-45-13-5-6-28(40)22-47-17-16-46-14-12-36-32(43)26(21-38)20-30(41)24(2)37-33(44)29(34)19-25-7-9-27(39)10-8-25/h7-10,24,26,29,34,38-39H,3-6,11-23H2,1-2H3,(H,35,42)(H,36,43)(H,37,44)/t24-,26+,29+/m1/s1. The number of carbonyl (C=O) groups is 5. The normalized spacial score (nSPS) is 12.9. The first kappa shape index (κ1) is 42.6. The van der Waals surface area contributed by atoms with Gasteiger partial charge in [0.2, 0.25) is 17.7 Å². The summed E-state index contributed by atoms with van der Waals surface area (Å²) in [6.45, 7) is 5.21. The molecule has 1 aromatic rings. The van der Waals surface area contributed by atoms with Crippen LogP contribution in [0.4, 0.5) is 0 Å². The summed E-state index contributed by atoms with van der Waals surface area (Å²) in [5.41, 5.74) is 8.73. The number of Topliss-reactive ketones (excluding diaryl/α,β-unsaturated/α-hetero) is 2. The number of benzene rings is 1. The Balaban J connectivity index is 2.07. The van der Waals surface area contributed by atoms with Gasteiger partial charge in [-0.15, -0.1) is 0 Å². The molecule has 0 aliphatic heterocycles. The lowest BCUT2D eigenvalue weighted by molar-refractivity contribution is -0.132. The lowest BCUT2D eigenvalue weighted by Crippen LogP contribution is -2.46. The van der Waals surface area contributed by atoms with Crippen LogP contribution in [-0.4, -0.2) is 124 Å². The van der Waals surface area contributed by atoms with Crippen LogP contribution in [0.5, 0.6) is 5.75 Å². The molecule has 1 aromatic carbocycles. The molecule has 0 aromatic heterocycles. The lowest BCUT2D eigenvalue weighted by atomic mass is 9.98. The molecule has 0 saturated carbocycles. The van der Waals surface area contributed by atoms with Gasteiger partial charge in [-0.3, -0.25) is 24.0 Å². The number of nitrogens with one attached hydrogen (secondary N) is 4. The predicted octanol–water partition coefficient (Wildman–Crippen LogP) is 0.107. The molecule has 0 unspecified atom stereocenters. The highest BCUT2D eigenvalue weighted by atomic mass is 16.5. The van der Waals surface area contributed by atoms with Crippen LogP contribution in [0.3, 0.4) is 0 Å². The summed E-state index contributed by atoms with van der Waals surface area (Å²) < 4.78 is 21.3. The lowest BCUT2D eigenvalue weighted by Gasteiger charge is -2.19. The summed E-state index contributed by atoms with van der Waals surface area (Å²) in [5, 5.41) is 26.8. The van der Waals surface area contributed by atoms with Gasteiger partial charge in [0.25, 0.3) is 0 Å². The molecule has 15 heteroatoms. The van der Waals surface area contributed by atoms with E-state index in [9.17, 15) is 34.2 Å². The number of amides is 3. The third kappa shape index (κ3) is 20.7. The van der Waals surface area contributed by atoms with Crippen molar-refractivity contribution in [3.05, 3.63) is 29.8 Å². The Morgan fingerprint density at radius 3 is 2.12 bits per heavy atom. The Kier molecular flexibility index (Phi) is 23.5. The molecule has 0 saturated heterocycles. The monoisotopic (exact) mass is 681 g/mol. The largest absolute Gasteiger partial charge is 0.508 e. The van der Waals surface area contributed by atoms with Gasteiger partial charge in [-0.1, -0.05) is 25.5 Å². The first-order valence-corrected chi connectivity index (χ1v) is 16.4. The minimum atomic E-state index is -1.17. The number of hydrogen-bond donors (Lipinski definition) is 5. The Morgan fingerprint density at radius 1 is 0.812 bits per heavy atom. The van der Waals surface area contributed by atoms with Gasteiger partial charge in [-0.2, -0.15) is 0 Å². The Labute approximate surface area is 282 Å². The maximum atomic E-state index is 12.6. The third-order valence-electron chi connectivity index (χ3n) is 6.96. The minimum Gasteiger partial charge on any atom is -0.508 e. The molecule has 3 atom stereocenters. The van der Waals surface area contributed by atoms with Crippen LogP contribution in [0.2, 0.25) is 0 Å². The summed E-state index contributed by atoms with van der Waals surface area (Å²) in [6, 6.07) is 4.00. The van der Waals surface area contributed by atoms with Crippen molar-refractivity contribution in [2.75, 3.05) is 72.6 Å². The van der Waals surface area contributed by atoms with E-state index in [4.69, 9.17) is 24.7 Å². The van der Waals surface area contributed by atoms with Gasteiger partial charge in [0.05, 0.1) is 51.6 Å². The van der Waals surface area contributed by atoms with Gasteiger partial charge in [-0.25, -0.2) is 5.73 Å². The van der Waals surface area contributed by atoms with Crippen molar-refractivity contribution >= 4 is 29.3 Å². The first-order valence-electron chi connectivity index (χ1n) is 16.4. The van der Waals surface area contributed by atoms with E-state index in [1.54, 1.807) is 12.1 Å². The number of rotatable bonds is 29. The van der Waals surface area contributed by atoms with Crippen molar-refractivity contribution in [3.63, 3.8) is 0 Å². The van der Waals surface area contributed by atoms with E-state index in [2.05, 4.69) is 16.0 Å². The second kappa shape index (κ2) is 26.5. The number of ether oxygens (including phenoxy) is 4. The van der Waals surface area contributed by atoms with Gasteiger partial charge in [0.1, 0.15) is 25.0 Å². The number of phenolic OH excluding ortho intramolecular Hbond substituents is 1. The van der Waals surface area contributed by atoms with Crippen molar-refractivity contribution in [1.29, 1.82) is 0 Å². The molecule has 15 nitrogen and oxygen atoms in total. The van der Waals surface area contributed by atoms with Crippen LogP contribution in [0.1, 0.15) is 51.5 Å². The van der Waals surface area contributed by atoms with Crippen LogP contribution in [0.15, 0.2) is 24.3 Å². The summed E-state index contributed by atoms with van der Waals surface area (Å²) in [6.07, 6.45) is 2.58. The van der Waals surface area contributed by atoms with Crippen LogP contribution < -0.4 is 21.7 Å². The van der Waals surface area contributed by atoms with Crippen molar-refractivity contribution in [1.82, 2.24) is 21.7 Å². The van der Waals surface area contributed by atoms with Crippen molar-refractivity contribution in [2.24, 2.45) is 5.92 Å². The van der Waals surface area contributed by atoms with E-state index in [-0.39, 0.29) is 69.9 Å². The van der Waals surface area contributed by atoms with Gasteiger partial charge in [0.15, 0.2) is 11.6 Å². The smallest absolute Gasteiger partial charge is 0.245 e. The summed E-state index contributed by atoms with van der Waals surface area (Å²) in [4.78, 5) is 60.8. The number of aliphatic hydroxyl groups is 1. The zero-order valence-corrected chi connectivity index (χ0v) is 28.1. The molecule has 0 spiro atoms. The van der Waals surface area contributed by atoms with E-state index in [0.717, 1.165) is 12.8 Å². The highest BCUT2D eigenvalue weighted by Gasteiger charge is 2.26. The van der Waals surface area contributed by atoms with Crippen LogP contribution in [-0.2, 0) is 49.3 Å². The summed E-state index contributed by atoms with van der Waals surface area (Å²) in [5.74, 6) is -2.81. The molecule has 0 heterocycles. The quantitative estimate of drug-likeness (QED) is 0.0714. The van der Waals surface area contributed by atoms with Gasteiger partial charge in [-0.05, 0) is 43.9 Å². The number of aromatic hydroxyl groups is 1. The van der Waals surface area contributed by atoms with Crippen LogP contribution >= 0.6 is 0 Å². The molecular weight excluding hydrogens is 628 g/mol. The van der Waals surface area contributed by atoms with Crippen LogP contribution in [0.25, 0.3) is 0 Å². The molecule has 0 fully saturated rings. The fourth-order valence-electron chi connectivity index (χ4n) is 4.10. The summed E-state index contributed by atoms with van der Waals surface area (Å²) >= 11 is 0. The van der Waals surface area contributed by atoms with E-state index in [1.165, 1.54) is 19.1 Å². The van der Waals surface area contributed by atoms with E-state index >= 15 is 0 Å². The highest BCUT2D eigenvalue weighted by molar-refractivity contribution is 5.93. The second-order valence-electron chi connectivity index (χ2n) is 11.2. The van der Waals surface area contributed by atoms with E-state index in [0.29, 0.717) is 44.8 Å². The van der Waals surface area contributed by atoms with Crippen molar-refractivity contribution < 1.29 is 53.1 Å². The van der Waals surface area contributed by atoms with E-state index in [1.807, 2.05) is 6.92 Å². The van der Waals surface area contributed by atoms with Gasteiger partial charge < -0.3 is 45.1 Å². The fourth-order valence-corrected chi connectivity index (χ4v) is 4.10. The average Bonchev–Trinajstić information content (AvgIpc) is 3.06. The second-order valence-corrected chi connectivity index (χ2v) is 11.2. The SMILES string of the molecule is CCCCNC(=O)COCCOCCCC(=O)COCCOCCNC(=O)[C@H](CO)CC(=O)[C@@H](C)NC(=O)[C@@H]([NH])Cc1ccc(O)cc1. The number of ketones is 2. The Hall–Kier alpha value is -3.47. The molecule has 0 aliphatic rings. The molecule has 48 heavy (non-hydrogen) atoms. The number of phenols is 1. The van der Waals surface area contributed by atoms with Gasteiger partial charge in [0, 0.05) is 32.5 Å². The highest BCUT2D eigenvalue weighted by Crippen LogP contribution is 2.12. The molecule has 1 radical (unpaired) electrons. The topological polar surface area (TPSA) is 223 Å². The average molecular weight is 682 g/mol. The summed E-state index contributed by atoms with van der Waals surface area (Å²) in [7, 11) is 0. The Bertz CT molecular complexity index is 1090. The van der Waals surface area contributed by atoms with Crippen molar-refractivity contribution in [2.45, 2.75) is 64.5 Å². The molecule has 6 N–H and O–H groups in total. The zero-order valence-electron chi connectivity index (χ0n) is 28.1. The number of unbranched alkanes of at least 4 members (excludes halogenated alkanes) is 1. The molecular formula is C33H53N4O11. The van der Waals surface area contributed by atoms with Crippen LogP contribution in [0, 0.1) is 5.92 Å². The molecule has 3 amide bonds. The predicted molar refractivity (Wildman–Crippen MR) is 175 cm³/mol. The molecule has 0 bridgehead atoms. The maximum Gasteiger partial charge on any atom is 0.245 e. The van der Waals surface area contributed by atoms with Gasteiger partial charge >= 0.3 is 0 Å². The van der Waals surface area contributed by atoms with Crippen molar-refractivity contribution in [3.8, 4) is 5.75 Å². The molecule has 271 valence electrons. The maximum absolute atomic E-state index is 12.6. The number of carbonyl (C=O) groups excluding carboxylic acids is 5. The zero-order chi connectivity index (χ0) is 35.6. The Morgan fingerprint density at radius 2 is 1.46 bits per heavy atom. The first-order chi connectivity index (χ1) is 23.1. The third-order valence-corrected chi connectivity index (χ3v) is 6.96. The van der Waals surface area contributed by atoms with E-state index < -0.39 is 42.2 Å². The minimum absolute atomic E-state index is 0.00263. The fraction of sp³-hybridized carbons (Fsp3) is 0.667. The molecule has 0 aliphatic carbocycles. The molecule has 1 rings (SSSR count).